The van der Waals surface area contributed by atoms with Crippen molar-refractivity contribution >= 4 is 32.4 Å². The minimum Gasteiger partial charge on any atom is -0.338 e. The number of fused-ring (bicyclic) bond motifs is 1. The van der Waals surface area contributed by atoms with E-state index in [1.807, 2.05) is 0 Å². The monoisotopic (exact) mass is 337 g/mol. The number of hydrogen-bond donors (Lipinski definition) is 1. The highest BCUT2D eigenvalue weighted by Crippen LogP contribution is 2.22. The van der Waals surface area contributed by atoms with Gasteiger partial charge < -0.3 is 5.32 Å². The molecule has 0 aliphatic heterocycles. The fourth-order valence-corrected chi connectivity index (χ4v) is 2.32. The summed E-state index contributed by atoms with van der Waals surface area (Å²) in [7, 11) is -3.61. The minimum absolute atomic E-state index is 0.146. The van der Waals surface area contributed by atoms with Gasteiger partial charge in [0.05, 0.1) is 6.20 Å². The van der Waals surface area contributed by atoms with E-state index in [2.05, 4.69) is 25.3 Å². The summed E-state index contributed by atoms with van der Waals surface area (Å²) in [5.74, 6) is -1.86. The lowest BCUT2D eigenvalue weighted by Crippen LogP contribution is -2.06. The molecule has 1 N–H and O–H groups in total. The van der Waals surface area contributed by atoms with Gasteiger partial charge in [-0.15, -0.1) is 0 Å². The molecule has 0 atom stereocenters. The lowest BCUT2D eigenvalue weighted by atomic mass is 10.3. The van der Waals surface area contributed by atoms with Gasteiger partial charge in [0, 0.05) is 18.0 Å². The second-order valence-electron chi connectivity index (χ2n) is 4.63. The molecular formula is C13H9F2N5O2S. The van der Waals surface area contributed by atoms with Crippen molar-refractivity contribution in [1.29, 1.82) is 0 Å². The first-order valence-electron chi connectivity index (χ1n) is 6.24. The molecule has 0 saturated carbocycles. The van der Waals surface area contributed by atoms with E-state index in [1.165, 1.54) is 18.6 Å². The molecule has 2 heterocycles. The Morgan fingerprint density at radius 2 is 1.87 bits per heavy atom. The van der Waals surface area contributed by atoms with Crippen molar-refractivity contribution in [2.24, 2.45) is 0 Å². The lowest BCUT2D eigenvalue weighted by molar-refractivity contribution is 0.509. The predicted octanol–water partition coefficient (Wildman–Crippen LogP) is 1.85. The summed E-state index contributed by atoms with van der Waals surface area (Å²) < 4.78 is 49.3. The highest BCUT2D eigenvalue weighted by atomic mass is 32.2. The summed E-state index contributed by atoms with van der Waals surface area (Å²) in [5.41, 5.74) is 0.675. The normalized spacial score (nSPS) is 11.6. The molecule has 7 nitrogen and oxygen atoms in total. The van der Waals surface area contributed by atoms with Gasteiger partial charge in [-0.1, -0.05) is 0 Å². The fourth-order valence-electron chi connectivity index (χ4n) is 1.82. The van der Waals surface area contributed by atoms with Gasteiger partial charge in [-0.3, -0.25) is 0 Å². The summed E-state index contributed by atoms with van der Waals surface area (Å²) in [5, 5.41) is 2.37. The molecule has 0 spiro atoms. The number of halogens is 2. The number of hydrogen-bond acceptors (Lipinski definition) is 7. The Balaban J connectivity index is 2.11. The number of nitrogens with one attached hydrogen (secondary N) is 1. The first kappa shape index (κ1) is 15.2. The molecule has 0 unspecified atom stereocenters. The zero-order valence-corrected chi connectivity index (χ0v) is 12.5. The number of rotatable bonds is 3. The number of aromatic nitrogens is 4. The van der Waals surface area contributed by atoms with Crippen LogP contribution in [0, 0.1) is 11.6 Å². The number of nitrogens with zero attached hydrogens (tertiary/aromatic N) is 4. The second kappa shape index (κ2) is 5.47. The highest BCUT2D eigenvalue weighted by Gasteiger charge is 2.15. The molecule has 3 rings (SSSR count). The Kier molecular flexibility index (Phi) is 3.60. The zero-order valence-electron chi connectivity index (χ0n) is 11.7. The van der Waals surface area contributed by atoms with E-state index >= 15 is 0 Å². The van der Waals surface area contributed by atoms with Gasteiger partial charge in [-0.2, -0.15) is 0 Å². The van der Waals surface area contributed by atoms with Gasteiger partial charge in [-0.05, 0) is 12.1 Å². The molecule has 23 heavy (non-hydrogen) atoms. The molecular weight excluding hydrogens is 328 g/mol. The van der Waals surface area contributed by atoms with Crippen LogP contribution >= 0.6 is 0 Å². The van der Waals surface area contributed by atoms with Crippen molar-refractivity contribution in [3.63, 3.8) is 0 Å². The molecule has 0 aliphatic carbocycles. The maximum atomic E-state index is 13.3. The van der Waals surface area contributed by atoms with E-state index in [9.17, 15) is 17.2 Å². The first-order chi connectivity index (χ1) is 10.8. The summed E-state index contributed by atoms with van der Waals surface area (Å²) in [6.45, 7) is 0. The molecule has 10 heteroatoms. The number of sulfone groups is 1. The number of anilines is 2. The van der Waals surface area contributed by atoms with Gasteiger partial charge in [0.1, 0.15) is 17.4 Å². The van der Waals surface area contributed by atoms with E-state index < -0.39 is 21.5 Å². The van der Waals surface area contributed by atoms with Crippen molar-refractivity contribution in [2.45, 2.75) is 5.16 Å². The minimum atomic E-state index is -3.61. The van der Waals surface area contributed by atoms with E-state index in [0.717, 1.165) is 18.4 Å². The lowest BCUT2D eigenvalue weighted by Gasteiger charge is -2.08. The van der Waals surface area contributed by atoms with Crippen LogP contribution in [0.1, 0.15) is 0 Å². The fraction of sp³-hybridized carbons (Fsp3) is 0.0769. The SMILES string of the molecule is CS(=O)(=O)c1ncc2ncnc(Nc3ccc(F)c(F)c3)c2n1. The summed E-state index contributed by atoms with van der Waals surface area (Å²) in [4.78, 5) is 15.5. The van der Waals surface area contributed by atoms with E-state index in [-0.39, 0.29) is 22.2 Å². The third-order valence-electron chi connectivity index (χ3n) is 2.87. The van der Waals surface area contributed by atoms with Gasteiger partial charge in [-0.25, -0.2) is 37.1 Å². The first-order valence-corrected chi connectivity index (χ1v) is 8.13. The second-order valence-corrected chi connectivity index (χ2v) is 6.54. The molecule has 3 aromatic rings. The largest absolute Gasteiger partial charge is 0.338 e. The van der Waals surface area contributed by atoms with Crippen molar-refractivity contribution < 1.29 is 17.2 Å². The molecule has 2 aromatic heterocycles. The summed E-state index contributed by atoms with van der Waals surface area (Å²) in [6.07, 6.45) is 3.44. The molecule has 0 radical (unpaired) electrons. The van der Waals surface area contributed by atoms with Crippen LogP contribution < -0.4 is 5.32 Å². The summed E-state index contributed by atoms with van der Waals surface area (Å²) in [6, 6.07) is 3.21. The smallest absolute Gasteiger partial charge is 0.247 e. The zero-order chi connectivity index (χ0) is 16.6. The number of benzene rings is 1. The quantitative estimate of drug-likeness (QED) is 0.728. The van der Waals surface area contributed by atoms with Crippen LogP contribution in [0.3, 0.4) is 0 Å². The van der Waals surface area contributed by atoms with Crippen molar-refractivity contribution in [2.75, 3.05) is 11.6 Å². The molecule has 0 bridgehead atoms. The maximum absolute atomic E-state index is 13.3. The summed E-state index contributed by atoms with van der Waals surface area (Å²) >= 11 is 0. The van der Waals surface area contributed by atoms with E-state index in [4.69, 9.17) is 0 Å². The Bertz CT molecular complexity index is 1010. The predicted molar refractivity (Wildman–Crippen MR) is 77.9 cm³/mol. The average molecular weight is 337 g/mol. The third kappa shape index (κ3) is 3.06. The van der Waals surface area contributed by atoms with Crippen LogP contribution in [-0.2, 0) is 9.84 Å². The van der Waals surface area contributed by atoms with Crippen molar-refractivity contribution in [1.82, 2.24) is 19.9 Å². The third-order valence-corrected chi connectivity index (χ3v) is 3.73. The van der Waals surface area contributed by atoms with Gasteiger partial charge in [0.15, 0.2) is 17.5 Å². The highest BCUT2D eigenvalue weighted by molar-refractivity contribution is 7.90. The molecule has 0 aliphatic rings. The molecule has 1 aromatic carbocycles. The Labute approximate surface area is 129 Å². The van der Waals surface area contributed by atoms with Crippen LogP contribution in [0.25, 0.3) is 11.0 Å². The molecule has 0 amide bonds. The van der Waals surface area contributed by atoms with E-state index in [0.29, 0.717) is 5.52 Å². The van der Waals surface area contributed by atoms with Crippen molar-refractivity contribution in [3.05, 3.63) is 42.4 Å². The van der Waals surface area contributed by atoms with Gasteiger partial charge in [0.25, 0.3) is 0 Å². The molecule has 0 fully saturated rings. The molecule has 118 valence electrons. The van der Waals surface area contributed by atoms with Gasteiger partial charge in [0.2, 0.25) is 15.0 Å². The maximum Gasteiger partial charge on any atom is 0.247 e. The van der Waals surface area contributed by atoms with Crippen LogP contribution in [0.5, 0.6) is 0 Å². The van der Waals surface area contributed by atoms with Crippen LogP contribution in [0.2, 0.25) is 0 Å². The Hall–Kier alpha value is -2.75. The van der Waals surface area contributed by atoms with Crippen molar-refractivity contribution in [3.8, 4) is 0 Å². The Morgan fingerprint density at radius 3 is 2.57 bits per heavy atom. The topological polar surface area (TPSA) is 97.7 Å². The van der Waals surface area contributed by atoms with Gasteiger partial charge >= 0.3 is 0 Å². The average Bonchev–Trinajstić information content (AvgIpc) is 2.50. The van der Waals surface area contributed by atoms with E-state index in [1.54, 1.807) is 0 Å². The standard InChI is InChI=1S/C13H9F2N5O2S/c1-23(21,22)13-16-5-10-11(20-13)12(18-6-17-10)19-7-2-3-8(14)9(15)4-7/h2-6H,1H3,(H,17,18,19). The van der Waals surface area contributed by atoms with Crippen LogP contribution in [-0.4, -0.2) is 34.6 Å². The van der Waals surface area contributed by atoms with Crippen LogP contribution in [0.4, 0.5) is 20.3 Å². The molecule has 0 saturated heterocycles. The van der Waals surface area contributed by atoms with Crippen LogP contribution in [0.15, 0.2) is 35.9 Å². The Morgan fingerprint density at radius 1 is 1.09 bits per heavy atom.